The van der Waals surface area contributed by atoms with Crippen LogP contribution in [0.3, 0.4) is 0 Å². The van der Waals surface area contributed by atoms with Crippen LogP contribution in [0.4, 0.5) is 0 Å². The Hall–Kier alpha value is -0.650. The highest BCUT2D eigenvalue weighted by molar-refractivity contribution is 5.71. The van der Waals surface area contributed by atoms with Crippen molar-refractivity contribution in [3.05, 3.63) is 0 Å². The number of hydrogen-bond acceptors (Lipinski definition) is 5. The first-order chi connectivity index (χ1) is 18.3. The van der Waals surface area contributed by atoms with E-state index in [0.717, 1.165) is 37.2 Å². The minimum atomic E-state index is -0.179. The van der Waals surface area contributed by atoms with Crippen LogP contribution < -0.4 is 5.32 Å². The normalized spacial score (nSPS) is 51.2. The van der Waals surface area contributed by atoms with Crippen LogP contribution in [-0.4, -0.2) is 49.6 Å². The molecule has 5 nitrogen and oxygen atoms in total. The Morgan fingerprint density at radius 3 is 2.36 bits per heavy atom. The van der Waals surface area contributed by atoms with Crippen molar-refractivity contribution < 1.29 is 19.4 Å². The second-order valence-corrected chi connectivity index (χ2v) is 17.0. The summed E-state index contributed by atoms with van der Waals surface area (Å²) in [5.74, 6) is 2.66. The highest BCUT2D eigenvalue weighted by Crippen LogP contribution is 2.78. The van der Waals surface area contributed by atoms with E-state index in [1.165, 1.54) is 51.4 Å². The first-order valence-electron chi connectivity index (χ1n) is 16.4. The van der Waals surface area contributed by atoms with E-state index in [0.29, 0.717) is 45.6 Å². The summed E-state index contributed by atoms with van der Waals surface area (Å²) in [5, 5.41) is 12.0. The number of hydrogen-bond donors (Lipinski definition) is 2. The van der Waals surface area contributed by atoms with Gasteiger partial charge in [0.25, 0.3) is 0 Å². The van der Waals surface area contributed by atoms with Crippen molar-refractivity contribution in [2.24, 2.45) is 56.2 Å². The fourth-order valence-electron chi connectivity index (χ4n) is 12.6. The molecule has 222 valence electrons. The molecule has 1 saturated heterocycles. The molecular formula is C34H57NO4. The van der Waals surface area contributed by atoms with Gasteiger partial charge < -0.3 is 19.9 Å². The zero-order valence-corrected chi connectivity index (χ0v) is 26.0. The molecule has 1 aliphatic heterocycles. The average Bonchev–Trinajstić information content (AvgIpc) is 3.20. The van der Waals surface area contributed by atoms with Gasteiger partial charge in [-0.15, -0.1) is 0 Å². The van der Waals surface area contributed by atoms with E-state index in [1.54, 1.807) is 0 Å². The van der Waals surface area contributed by atoms with Gasteiger partial charge in [-0.3, -0.25) is 4.79 Å². The molecule has 0 amide bonds. The number of rotatable bonds is 5. The summed E-state index contributed by atoms with van der Waals surface area (Å²) < 4.78 is 12.9. The molecule has 2 bridgehead atoms. The molecule has 10 atom stereocenters. The fourth-order valence-corrected chi connectivity index (χ4v) is 12.6. The molecule has 0 spiro atoms. The van der Waals surface area contributed by atoms with Crippen molar-refractivity contribution in [1.29, 1.82) is 0 Å². The number of ether oxygens (including phenoxy) is 2. The Balaban J connectivity index is 1.26. The molecule has 6 rings (SSSR count). The maximum Gasteiger partial charge on any atom is 0.320 e. The monoisotopic (exact) mass is 543 g/mol. The van der Waals surface area contributed by atoms with Crippen molar-refractivity contribution in [3.63, 3.8) is 0 Å². The van der Waals surface area contributed by atoms with Gasteiger partial charge in [-0.1, -0.05) is 48.5 Å². The SMILES string of the molecule is CC1(C)CC[C@]23CC[C@]4(C)[C@H](CC[C@@H]5[C@@]6(C)CC[C@H](OC(=O)CNCCO)C(C)(C)[C@@H]6CC[C@]54C)[C@H]2[C@H]1OC3. The molecule has 0 radical (unpaired) electrons. The highest BCUT2D eigenvalue weighted by Gasteiger charge is 2.72. The topological polar surface area (TPSA) is 67.8 Å². The number of carbonyl (C=O) groups is 1. The number of nitrogens with one attached hydrogen (secondary N) is 1. The van der Waals surface area contributed by atoms with Crippen molar-refractivity contribution in [3.8, 4) is 0 Å². The van der Waals surface area contributed by atoms with E-state index in [9.17, 15) is 4.79 Å². The summed E-state index contributed by atoms with van der Waals surface area (Å²) in [6, 6.07) is 0. The number of esters is 1. The van der Waals surface area contributed by atoms with E-state index >= 15 is 0 Å². The summed E-state index contributed by atoms with van der Waals surface area (Å²) in [4.78, 5) is 12.6. The van der Waals surface area contributed by atoms with E-state index < -0.39 is 0 Å². The minimum Gasteiger partial charge on any atom is -0.461 e. The maximum atomic E-state index is 12.6. The smallest absolute Gasteiger partial charge is 0.320 e. The van der Waals surface area contributed by atoms with Crippen LogP contribution in [-0.2, 0) is 14.3 Å². The predicted octanol–water partition coefficient (Wildman–Crippen LogP) is 6.37. The molecule has 0 aromatic carbocycles. The maximum absolute atomic E-state index is 12.6. The van der Waals surface area contributed by atoms with E-state index in [1.807, 2.05) is 0 Å². The van der Waals surface area contributed by atoms with Gasteiger partial charge in [-0.25, -0.2) is 0 Å². The Morgan fingerprint density at radius 2 is 1.62 bits per heavy atom. The summed E-state index contributed by atoms with van der Waals surface area (Å²) in [7, 11) is 0. The second kappa shape index (κ2) is 9.17. The van der Waals surface area contributed by atoms with Crippen LogP contribution in [0.2, 0.25) is 0 Å². The third-order valence-electron chi connectivity index (χ3n) is 14.9. The van der Waals surface area contributed by atoms with Crippen LogP contribution in [0.15, 0.2) is 0 Å². The lowest BCUT2D eigenvalue weighted by atomic mass is 9.31. The zero-order valence-electron chi connectivity index (χ0n) is 26.0. The van der Waals surface area contributed by atoms with Gasteiger partial charge >= 0.3 is 5.97 Å². The van der Waals surface area contributed by atoms with E-state index in [2.05, 4.69) is 53.8 Å². The van der Waals surface area contributed by atoms with Gasteiger partial charge in [0.15, 0.2) is 0 Å². The van der Waals surface area contributed by atoms with Gasteiger partial charge in [0.05, 0.1) is 25.9 Å². The van der Waals surface area contributed by atoms with E-state index in [-0.39, 0.29) is 30.6 Å². The molecular weight excluding hydrogens is 486 g/mol. The van der Waals surface area contributed by atoms with E-state index in [4.69, 9.17) is 14.6 Å². The zero-order chi connectivity index (χ0) is 28.1. The quantitative estimate of drug-likeness (QED) is 0.312. The van der Waals surface area contributed by atoms with Crippen LogP contribution in [0.5, 0.6) is 0 Å². The largest absolute Gasteiger partial charge is 0.461 e. The first-order valence-corrected chi connectivity index (χ1v) is 16.4. The van der Waals surface area contributed by atoms with Gasteiger partial charge in [0, 0.05) is 12.0 Å². The van der Waals surface area contributed by atoms with Crippen LogP contribution >= 0.6 is 0 Å². The molecule has 0 unspecified atom stereocenters. The van der Waals surface area contributed by atoms with Crippen LogP contribution in [0.1, 0.15) is 113 Å². The summed E-state index contributed by atoms with van der Waals surface area (Å²) in [5.41, 5.74) is 1.75. The van der Waals surface area contributed by atoms with Crippen molar-refractivity contribution >= 4 is 5.97 Å². The predicted molar refractivity (Wildman–Crippen MR) is 154 cm³/mol. The Morgan fingerprint density at radius 1 is 0.872 bits per heavy atom. The molecule has 5 heteroatoms. The second-order valence-electron chi connectivity index (χ2n) is 17.0. The lowest BCUT2D eigenvalue weighted by molar-refractivity contribution is -0.254. The standard InChI is InChI=1S/C34H57NO4/c1-29(2)14-16-34-17-15-32(6)22(27(34)28(29)38-21-34)8-9-24-31(5)12-11-25(39-26(37)20-35-18-19-36)30(3,4)23(31)10-13-33(24,32)7/h22-25,27-28,35-36H,8-21H2,1-7H3/t22-,23+,24-,25+,27+,28-,31+,32-,33-,34-/m1/s1. The summed E-state index contributed by atoms with van der Waals surface area (Å²) in [6.45, 7) is 19.5. The fraction of sp³-hybridized carbons (Fsp3) is 0.971. The van der Waals surface area contributed by atoms with Crippen LogP contribution in [0, 0.1) is 56.2 Å². The molecule has 0 aromatic heterocycles. The van der Waals surface area contributed by atoms with Crippen molar-refractivity contribution in [2.75, 3.05) is 26.3 Å². The van der Waals surface area contributed by atoms with Crippen molar-refractivity contribution in [1.82, 2.24) is 5.32 Å². The molecule has 6 aliphatic rings. The third-order valence-corrected chi connectivity index (χ3v) is 14.9. The molecule has 0 aromatic rings. The Bertz CT molecular complexity index is 978. The van der Waals surface area contributed by atoms with Gasteiger partial charge in [-0.05, 0) is 115 Å². The Kier molecular flexibility index (Phi) is 6.70. The minimum absolute atomic E-state index is 0.0259. The van der Waals surface area contributed by atoms with Crippen LogP contribution in [0.25, 0.3) is 0 Å². The lowest BCUT2D eigenvalue weighted by Gasteiger charge is -2.73. The van der Waals surface area contributed by atoms with Gasteiger partial charge in [0.1, 0.15) is 6.10 Å². The third kappa shape index (κ3) is 3.83. The number of aliphatic hydroxyl groups is 1. The highest BCUT2D eigenvalue weighted by atomic mass is 16.5. The van der Waals surface area contributed by atoms with Gasteiger partial charge in [-0.2, -0.15) is 0 Å². The summed E-state index contributed by atoms with van der Waals surface area (Å²) in [6.07, 6.45) is 13.3. The number of aliphatic hydroxyl groups excluding tert-OH is 1. The summed E-state index contributed by atoms with van der Waals surface area (Å²) >= 11 is 0. The Labute approximate surface area is 237 Å². The van der Waals surface area contributed by atoms with Crippen molar-refractivity contribution in [2.45, 2.75) is 125 Å². The molecule has 5 saturated carbocycles. The lowest BCUT2D eigenvalue weighted by Crippen LogP contribution is -2.68. The molecule has 1 heterocycles. The number of carbonyl (C=O) groups excluding carboxylic acids is 1. The average molecular weight is 544 g/mol. The molecule has 5 aliphatic carbocycles. The first kappa shape index (κ1) is 28.5. The van der Waals surface area contributed by atoms with Gasteiger partial charge in [0.2, 0.25) is 0 Å². The number of fused-ring (bicyclic) bond motifs is 5. The molecule has 2 N–H and O–H groups in total. The molecule has 6 fully saturated rings. The molecule has 39 heavy (non-hydrogen) atoms.